The molecule has 3 rings (SSSR count). The van der Waals surface area contributed by atoms with Crippen molar-refractivity contribution in [3.63, 3.8) is 0 Å². The number of hydrogen-bond donors (Lipinski definition) is 2. The van der Waals surface area contributed by atoms with Crippen LogP contribution in [0.1, 0.15) is 18.4 Å². The fraction of sp³-hybridized carbons (Fsp3) is 0.167. The van der Waals surface area contributed by atoms with E-state index in [4.69, 9.17) is 16.9 Å². The number of amides is 2. The third-order valence-electron chi connectivity index (χ3n) is 3.97. The molecule has 0 saturated heterocycles. The molecule has 0 radical (unpaired) electrons. The quantitative estimate of drug-likeness (QED) is 0.835. The van der Waals surface area contributed by atoms with Crippen molar-refractivity contribution in [1.82, 2.24) is 0 Å². The van der Waals surface area contributed by atoms with Crippen LogP contribution in [0.15, 0.2) is 48.5 Å². The molecule has 1 aliphatic carbocycles. The van der Waals surface area contributed by atoms with Crippen LogP contribution in [0.25, 0.3) is 0 Å². The zero-order valence-corrected chi connectivity index (χ0v) is 13.4. The summed E-state index contributed by atoms with van der Waals surface area (Å²) >= 11 is 5.90. The molecule has 0 bridgehead atoms. The van der Waals surface area contributed by atoms with Crippen LogP contribution < -0.4 is 10.6 Å². The summed E-state index contributed by atoms with van der Waals surface area (Å²) in [6.07, 6.45) is 1.00. The Morgan fingerprint density at radius 1 is 1.00 bits per heavy atom. The van der Waals surface area contributed by atoms with Gasteiger partial charge in [0.05, 0.1) is 11.6 Å². The molecule has 2 amide bonds. The van der Waals surface area contributed by atoms with Gasteiger partial charge in [0.15, 0.2) is 0 Å². The molecule has 0 aliphatic heterocycles. The number of nitriles is 1. The number of nitrogens with one attached hydrogen (secondary N) is 2. The maximum absolute atomic E-state index is 12.5. The van der Waals surface area contributed by atoms with E-state index in [1.54, 1.807) is 48.5 Å². The molecule has 5 nitrogen and oxygen atoms in total. The minimum Gasteiger partial charge on any atom is -0.325 e. The molecule has 2 N–H and O–H groups in total. The molecule has 0 heterocycles. The van der Waals surface area contributed by atoms with Gasteiger partial charge in [0.1, 0.15) is 5.41 Å². The summed E-state index contributed by atoms with van der Waals surface area (Å²) in [5.74, 6) is -0.678. The number of rotatable bonds is 4. The van der Waals surface area contributed by atoms with Gasteiger partial charge in [-0.25, -0.2) is 0 Å². The zero-order valence-electron chi connectivity index (χ0n) is 12.7. The standard InChI is InChI=1S/C18H14ClN3O2/c19-13-2-1-3-15(10-13)22-17(24)18(8-9-18)16(23)21-14-6-4-12(11-20)5-7-14/h1-7,10H,8-9H2,(H,21,23)(H,22,24). The highest BCUT2D eigenvalue weighted by atomic mass is 35.5. The van der Waals surface area contributed by atoms with E-state index in [-0.39, 0.29) is 11.8 Å². The molecule has 0 spiro atoms. The number of carbonyl (C=O) groups excluding carboxylic acids is 2. The topological polar surface area (TPSA) is 82.0 Å². The molecule has 0 aromatic heterocycles. The number of benzene rings is 2. The summed E-state index contributed by atoms with van der Waals surface area (Å²) < 4.78 is 0. The van der Waals surface area contributed by atoms with E-state index >= 15 is 0 Å². The molecule has 6 heteroatoms. The zero-order chi connectivity index (χ0) is 17.2. The van der Waals surface area contributed by atoms with Crippen molar-refractivity contribution in [2.45, 2.75) is 12.8 Å². The van der Waals surface area contributed by atoms with Crippen LogP contribution in [-0.4, -0.2) is 11.8 Å². The summed E-state index contributed by atoms with van der Waals surface area (Å²) in [5, 5.41) is 14.8. The average molecular weight is 340 g/mol. The minimum absolute atomic E-state index is 0.337. The summed E-state index contributed by atoms with van der Waals surface area (Å²) in [6, 6.07) is 15.3. The smallest absolute Gasteiger partial charge is 0.240 e. The Labute approximate surface area is 144 Å². The highest BCUT2D eigenvalue weighted by molar-refractivity contribution is 6.31. The highest BCUT2D eigenvalue weighted by Gasteiger charge is 2.56. The van der Waals surface area contributed by atoms with Crippen molar-refractivity contribution in [2.24, 2.45) is 5.41 Å². The molecule has 2 aromatic carbocycles. The van der Waals surface area contributed by atoms with Gasteiger partial charge in [-0.05, 0) is 55.3 Å². The van der Waals surface area contributed by atoms with Crippen LogP contribution in [0.2, 0.25) is 5.02 Å². The van der Waals surface area contributed by atoms with Crippen LogP contribution in [0.5, 0.6) is 0 Å². The van der Waals surface area contributed by atoms with E-state index in [0.717, 1.165) is 0 Å². The lowest BCUT2D eigenvalue weighted by Gasteiger charge is -2.15. The Kier molecular flexibility index (Phi) is 4.24. The fourth-order valence-electron chi connectivity index (χ4n) is 2.38. The van der Waals surface area contributed by atoms with Gasteiger partial charge in [-0.1, -0.05) is 17.7 Å². The van der Waals surface area contributed by atoms with Gasteiger partial charge in [-0.15, -0.1) is 0 Å². The summed E-state index contributed by atoms with van der Waals surface area (Å²) in [7, 11) is 0. The lowest BCUT2D eigenvalue weighted by atomic mass is 10.0. The first-order chi connectivity index (χ1) is 11.5. The maximum Gasteiger partial charge on any atom is 0.240 e. The van der Waals surface area contributed by atoms with E-state index < -0.39 is 5.41 Å². The van der Waals surface area contributed by atoms with Gasteiger partial charge < -0.3 is 10.6 Å². The van der Waals surface area contributed by atoms with Crippen molar-refractivity contribution in [3.05, 3.63) is 59.1 Å². The number of carbonyl (C=O) groups is 2. The average Bonchev–Trinajstić information content (AvgIpc) is 3.37. The molecule has 1 aliphatic rings. The molecule has 1 saturated carbocycles. The normalized spacial score (nSPS) is 14.3. The largest absolute Gasteiger partial charge is 0.325 e. The van der Waals surface area contributed by atoms with E-state index in [1.807, 2.05) is 6.07 Å². The predicted octanol–water partition coefficient (Wildman–Crippen LogP) is 3.57. The van der Waals surface area contributed by atoms with Gasteiger partial charge in [-0.3, -0.25) is 9.59 Å². The van der Waals surface area contributed by atoms with E-state index in [2.05, 4.69) is 10.6 Å². The van der Waals surface area contributed by atoms with E-state index in [0.29, 0.717) is 34.8 Å². The summed E-state index contributed by atoms with van der Waals surface area (Å²) in [6.45, 7) is 0. The van der Waals surface area contributed by atoms with Crippen molar-refractivity contribution < 1.29 is 9.59 Å². The van der Waals surface area contributed by atoms with Crippen LogP contribution in [0.3, 0.4) is 0 Å². The molecule has 0 unspecified atom stereocenters. The van der Waals surface area contributed by atoms with Gasteiger partial charge in [0.2, 0.25) is 11.8 Å². The van der Waals surface area contributed by atoms with Crippen molar-refractivity contribution >= 4 is 34.8 Å². The first-order valence-electron chi connectivity index (χ1n) is 7.42. The third-order valence-corrected chi connectivity index (χ3v) is 4.21. The monoisotopic (exact) mass is 339 g/mol. The van der Waals surface area contributed by atoms with Gasteiger partial charge in [0, 0.05) is 16.4 Å². The second-order valence-corrected chi connectivity index (χ2v) is 6.13. The van der Waals surface area contributed by atoms with Crippen molar-refractivity contribution in [3.8, 4) is 6.07 Å². The summed E-state index contributed by atoms with van der Waals surface area (Å²) in [5.41, 5.74) is 0.578. The second kappa shape index (κ2) is 6.34. The Balaban J connectivity index is 1.69. The molecular weight excluding hydrogens is 326 g/mol. The van der Waals surface area contributed by atoms with Crippen molar-refractivity contribution in [2.75, 3.05) is 10.6 Å². The molecule has 2 aromatic rings. The fourth-order valence-corrected chi connectivity index (χ4v) is 2.57. The first-order valence-corrected chi connectivity index (χ1v) is 7.80. The summed E-state index contributed by atoms with van der Waals surface area (Å²) in [4.78, 5) is 25.0. The van der Waals surface area contributed by atoms with E-state index in [9.17, 15) is 9.59 Å². The number of anilines is 2. The van der Waals surface area contributed by atoms with Crippen LogP contribution in [0, 0.1) is 16.7 Å². The predicted molar refractivity (Wildman–Crippen MR) is 91.5 cm³/mol. The SMILES string of the molecule is N#Cc1ccc(NC(=O)C2(C(=O)Nc3cccc(Cl)c3)CC2)cc1. The number of nitrogens with zero attached hydrogens (tertiary/aromatic N) is 1. The Morgan fingerprint density at radius 2 is 1.62 bits per heavy atom. The molecule has 0 atom stereocenters. The molecule has 120 valence electrons. The maximum atomic E-state index is 12.5. The highest BCUT2D eigenvalue weighted by Crippen LogP contribution is 2.47. The van der Waals surface area contributed by atoms with E-state index in [1.165, 1.54) is 0 Å². The second-order valence-electron chi connectivity index (χ2n) is 5.69. The number of hydrogen-bond acceptors (Lipinski definition) is 3. The lowest BCUT2D eigenvalue weighted by Crippen LogP contribution is -2.35. The number of halogens is 1. The van der Waals surface area contributed by atoms with Gasteiger partial charge in [0.25, 0.3) is 0 Å². The lowest BCUT2D eigenvalue weighted by molar-refractivity contribution is -0.131. The van der Waals surface area contributed by atoms with Crippen LogP contribution >= 0.6 is 11.6 Å². The molecule has 24 heavy (non-hydrogen) atoms. The van der Waals surface area contributed by atoms with Gasteiger partial charge in [-0.2, -0.15) is 5.26 Å². The Bertz CT molecular complexity index is 836. The molecule has 1 fully saturated rings. The van der Waals surface area contributed by atoms with Crippen molar-refractivity contribution in [1.29, 1.82) is 5.26 Å². The first kappa shape index (κ1) is 16.0. The third kappa shape index (κ3) is 3.24. The Hall–Kier alpha value is -2.84. The van der Waals surface area contributed by atoms with Crippen LogP contribution in [-0.2, 0) is 9.59 Å². The Morgan fingerprint density at radius 3 is 2.17 bits per heavy atom. The van der Waals surface area contributed by atoms with Crippen LogP contribution in [0.4, 0.5) is 11.4 Å². The molecular formula is C18H14ClN3O2. The minimum atomic E-state index is -1.05. The van der Waals surface area contributed by atoms with Gasteiger partial charge >= 0.3 is 0 Å².